The molecule has 8 heteroatoms. The Morgan fingerprint density at radius 3 is 2.73 bits per heavy atom. The molecule has 0 saturated heterocycles. The molecule has 1 unspecified atom stereocenters. The standard InChI is InChI=1S/C25H19F2N3O3/c1-29-20-12-19(22-16(24(29)32)3-2-4-21(22)33-25(26)27)30-18-11-13(5-6-14-9-15(31)10-14)7-8-17(18)28-23(20)30/h2-4,7-8,11,14,19-20,25H,9-10,12H2,1H3/t19-,20?/m1/s1. The molecule has 1 aromatic heterocycles. The summed E-state index contributed by atoms with van der Waals surface area (Å²) in [4.78, 5) is 30.8. The van der Waals surface area contributed by atoms with Crippen molar-refractivity contribution < 1.29 is 23.1 Å². The van der Waals surface area contributed by atoms with E-state index >= 15 is 0 Å². The van der Waals surface area contributed by atoms with Gasteiger partial charge in [0.15, 0.2) is 0 Å². The number of imidazole rings is 1. The SMILES string of the molecule is CN1C(=O)c2cccc(OC(F)F)c2[C@H]2CC1c1nc3ccc(C#CC4CC(=O)C4)cc3n12. The maximum absolute atomic E-state index is 13.2. The van der Waals surface area contributed by atoms with Crippen molar-refractivity contribution in [2.45, 2.75) is 38.0 Å². The van der Waals surface area contributed by atoms with Crippen LogP contribution in [0.1, 0.15) is 58.7 Å². The topological polar surface area (TPSA) is 64.4 Å². The van der Waals surface area contributed by atoms with Gasteiger partial charge in [0, 0.05) is 48.9 Å². The lowest BCUT2D eigenvalue weighted by Crippen LogP contribution is -2.30. The van der Waals surface area contributed by atoms with E-state index in [1.54, 1.807) is 24.1 Å². The van der Waals surface area contributed by atoms with Crippen LogP contribution < -0.4 is 4.74 Å². The van der Waals surface area contributed by atoms with Crippen molar-refractivity contribution in [3.05, 3.63) is 58.9 Å². The average Bonchev–Trinajstić information content (AvgIpc) is 3.28. The van der Waals surface area contributed by atoms with Gasteiger partial charge in [0.1, 0.15) is 17.4 Å². The van der Waals surface area contributed by atoms with E-state index in [1.165, 1.54) is 6.07 Å². The largest absolute Gasteiger partial charge is 0.434 e. The number of rotatable bonds is 2. The van der Waals surface area contributed by atoms with Gasteiger partial charge in [-0.1, -0.05) is 17.9 Å². The number of amides is 1. The third kappa shape index (κ3) is 3.03. The number of benzene rings is 2. The van der Waals surface area contributed by atoms with E-state index < -0.39 is 6.61 Å². The van der Waals surface area contributed by atoms with E-state index in [2.05, 4.69) is 11.8 Å². The highest BCUT2D eigenvalue weighted by Gasteiger charge is 2.45. The molecule has 2 aromatic carbocycles. The summed E-state index contributed by atoms with van der Waals surface area (Å²) in [6.45, 7) is -3.00. The summed E-state index contributed by atoms with van der Waals surface area (Å²) in [7, 11) is 1.71. The van der Waals surface area contributed by atoms with Crippen LogP contribution in [0.15, 0.2) is 36.4 Å². The Hall–Kier alpha value is -3.73. The van der Waals surface area contributed by atoms with E-state index in [0.717, 1.165) is 22.4 Å². The Bertz CT molecular complexity index is 1390. The number of ketones is 1. The monoisotopic (exact) mass is 447 g/mol. The highest BCUT2D eigenvalue weighted by Crippen LogP contribution is 2.49. The minimum atomic E-state index is -3.00. The fraction of sp³-hybridized carbons (Fsp3) is 0.320. The molecular formula is C25H19F2N3O3. The fourth-order valence-corrected chi connectivity index (χ4v) is 5.13. The average molecular weight is 447 g/mol. The molecule has 166 valence electrons. The van der Waals surface area contributed by atoms with E-state index in [-0.39, 0.29) is 35.4 Å². The molecule has 33 heavy (non-hydrogen) atoms. The number of hydrogen-bond donors (Lipinski definition) is 0. The summed E-state index contributed by atoms with van der Waals surface area (Å²) < 4.78 is 33.2. The van der Waals surface area contributed by atoms with Crippen LogP contribution in [0, 0.1) is 17.8 Å². The van der Waals surface area contributed by atoms with Gasteiger partial charge in [0.25, 0.3) is 5.91 Å². The smallest absolute Gasteiger partial charge is 0.387 e. The van der Waals surface area contributed by atoms with Crippen molar-refractivity contribution in [2.24, 2.45) is 5.92 Å². The summed E-state index contributed by atoms with van der Waals surface area (Å²) in [6, 6.07) is 9.75. The van der Waals surface area contributed by atoms with Crippen LogP contribution in [0.3, 0.4) is 0 Å². The Kier molecular flexibility index (Phi) is 4.31. The van der Waals surface area contributed by atoms with Crippen LogP contribution in [-0.2, 0) is 4.79 Å². The van der Waals surface area contributed by atoms with Gasteiger partial charge >= 0.3 is 6.61 Å². The number of aromatic nitrogens is 2. The van der Waals surface area contributed by atoms with Gasteiger partial charge in [-0.2, -0.15) is 8.78 Å². The van der Waals surface area contributed by atoms with Crippen LogP contribution in [0.25, 0.3) is 11.0 Å². The first kappa shape index (κ1) is 19.9. The van der Waals surface area contributed by atoms with Crippen molar-refractivity contribution in [3.63, 3.8) is 0 Å². The molecule has 1 saturated carbocycles. The minimum Gasteiger partial charge on any atom is -0.434 e. The van der Waals surface area contributed by atoms with E-state index in [0.29, 0.717) is 30.4 Å². The Labute approximate surface area is 188 Å². The van der Waals surface area contributed by atoms with Crippen molar-refractivity contribution in [1.29, 1.82) is 0 Å². The Morgan fingerprint density at radius 1 is 1.15 bits per heavy atom. The second-order valence-electron chi connectivity index (χ2n) is 8.74. The number of alkyl halides is 2. The molecule has 2 aliphatic heterocycles. The molecule has 2 atom stereocenters. The first-order chi connectivity index (χ1) is 15.9. The molecule has 1 fully saturated rings. The summed E-state index contributed by atoms with van der Waals surface area (Å²) in [5.41, 5.74) is 3.20. The zero-order valence-electron chi connectivity index (χ0n) is 17.7. The molecule has 3 heterocycles. The van der Waals surface area contributed by atoms with Crippen LogP contribution in [-0.4, -0.2) is 39.8 Å². The molecule has 2 bridgehead atoms. The predicted octanol–water partition coefficient (Wildman–Crippen LogP) is 4.09. The third-order valence-electron chi connectivity index (χ3n) is 6.78. The quantitative estimate of drug-likeness (QED) is 0.555. The number of hydrogen-bond acceptors (Lipinski definition) is 4. The number of halogens is 2. The van der Waals surface area contributed by atoms with Crippen LogP contribution in [0.4, 0.5) is 8.78 Å². The maximum atomic E-state index is 13.2. The van der Waals surface area contributed by atoms with Crippen LogP contribution >= 0.6 is 0 Å². The molecule has 0 radical (unpaired) electrons. The molecule has 1 aliphatic carbocycles. The highest BCUT2D eigenvalue weighted by molar-refractivity contribution is 5.98. The van der Waals surface area contributed by atoms with E-state index in [4.69, 9.17) is 9.72 Å². The lowest BCUT2D eigenvalue weighted by atomic mass is 9.84. The summed E-state index contributed by atoms with van der Waals surface area (Å²) in [5.74, 6) is 7.13. The summed E-state index contributed by atoms with van der Waals surface area (Å²) in [6.07, 6.45) is 1.54. The summed E-state index contributed by atoms with van der Waals surface area (Å²) in [5, 5.41) is 0. The van der Waals surface area contributed by atoms with Gasteiger partial charge in [0.2, 0.25) is 0 Å². The van der Waals surface area contributed by atoms with Crippen LogP contribution in [0.5, 0.6) is 5.75 Å². The van der Waals surface area contributed by atoms with Crippen molar-refractivity contribution >= 4 is 22.7 Å². The minimum absolute atomic E-state index is 0.00944. The van der Waals surface area contributed by atoms with Gasteiger partial charge < -0.3 is 14.2 Å². The van der Waals surface area contributed by atoms with Gasteiger partial charge in [-0.15, -0.1) is 0 Å². The van der Waals surface area contributed by atoms with Crippen molar-refractivity contribution in [1.82, 2.24) is 14.5 Å². The number of ether oxygens (including phenoxy) is 1. The number of Topliss-reactive ketones (excluding diaryl/α,β-unsaturated/α-hetero) is 1. The number of nitrogens with zero attached hydrogens (tertiary/aromatic N) is 3. The second-order valence-corrected chi connectivity index (χ2v) is 8.74. The van der Waals surface area contributed by atoms with E-state index in [1.807, 2.05) is 22.8 Å². The molecule has 0 spiro atoms. The first-order valence-electron chi connectivity index (χ1n) is 10.8. The molecule has 0 N–H and O–H groups in total. The molecule has 3 aromatic rings. The molecule has 1 amide bonds. The van der Waals surface area contributed by atoms with Gasteiger partial charge in [-0.3, -0.25) is 9.59 Å². The van der Waals surface area contributed by atoms with Gasteiger partial charge in [-0.05, 0) is 30.3 Å². The number of carbonyl (C=O) groups excluding carboxylic acids is 2. The molecular weight excluding hydrogens is 428 g/mol. The predicted molar refractivity (Wildman–Crippen MR) is 115 cm³/mol. The normalized spacial score (nSPS) is 21.4. The lowest BCUT2D eigenvalue weighted by molar-refractivity contribution is -0.125. The lowest BCUT2D eigenvalue weighted by Gasteiger charge is -2.24. The zero-order chi connectivity index (χ0) is 22.9. The van der Waals surface area contributed by atoms with Crippen molar-refractivity contribution in [2.75, 3.05) is 7.05 Å². The second kappa shape index (κ2) is 7.14. The zero-order valence-corrected chi connectivity index (χ0v) is 17.7. The highest BCUT2D eigenvalue weighted by atomic mass is 19.3. The summed E-state index contributed by atoms with van der Waals surface area (Å²) >= 11 is 0. The Balaban J connectivity index is 1.51. The third-order valence-corrected chi connectivity index (χ3v) is 6.78. The van der Waals surface area contributed by atoms with Crippen molar-refractivity contribution in [3.8, 4) is 17.6 Å². The number of fused-ring (bicyclic) bond motifs is 9. The first-order valence-corrected chi connectivity index (χ1v) is 10.8. The van der Waals surface area contributed by atoms with Crippen LogP contribution in [0.2, 0.25) is 0 Å². The molecule has 3 aliphatic rings. The maximum Gasteiger partial charge on any atom is 0.387 e. The van der Waals surface area contributed by atoms with Gasteiger partial charge in [0.05, 0.1) is 23.1 Å². The molecule has 6 nitrogen and oxygen atoms in total. The molecule has 6 rings (SSSR count). The number of carbonyl (C=O) groups is 2. The fourth-order valence-electron chi connectivity index (χ4n) is 5.13. The van der Waals surface area contributed by atoms with Gasteiger partial charge in [-0.25, -0.2) is 4.98 Å². The van der Waals surface area contributed by atoms with E-state index in [9.17, 15) is 18.4 Å². The Morgan fingerprint density at radius 2 is 1.97 bits per heavy atom.